The summed E-state index contributed by atoms with van der Waals surface area (Å²) in [6, 6.07) is 8.12. The highest BCUT2D eigenvalue weighted by molar-refractivity contribution is 5.50. The first-order valence-electron chi connectivity index (χ1n) is 4.91. The van der Waals surface area contributed by atoms with Gasteiger partial charge in [-0.25, -0.2) is 4.98 Å². The van der Waals surface area contributed by atoms with Crippen LogP contribution in [0.15, 0.2) is 43.0 Å². The number of nitrogens with zero attached hydrogens (tertiary/aromatic N) is 2. The van der Waals surface area contributed by atoms with Crippen molar-refractivity contribution in [3.05, 3.63) is 48.5 Å². The minimum absolute atomic E-state index is 0.577. The molecule has 0 radical (unpaired) electrons. The van der Waals surface area contributed by atoms with Crippen LogP contribution in [0.5, 0.6) is 0 Å². The van der Waals surface area contributed by atoms with Crippen LogP contribution in [0.2, 0.25) is 0 Å². The summed E-state index contributed by atoms with van der Waals surface area (Å²) in [5, 5.41) is 0. The van der Waals surface area contributed by atoms with Gasteiger partial charge in [-0.1, -0.05) is 12.1 Å². The van der Waals surface area contributed by atoms with Gasteiger partial charge in [-0.05, 0) is 24.1 Å². The monoisotopic (exact) mass is 200 g/mol. The molecule has 2 aromatic rings. The van der Waals surface area contributed by atoms with Crippen molar-refractivity contribution in [1.29, 1.82) is 0 Å². The van der Waals surface area contributed by atoms with Crippen LogP contribution in [0.3, 0.4) is 0 Å². The van der Waals surface area contributed by atoms with Crippen LogP contribution in [-0.4, -0.2) is 15.8 Å². The molecule has 3 nitrogen and oxygen atoms in total. The summed E-state index contributed by atoms with van der Waals surface area (Å²) in [4.78, 5) is 14.3. The van der Waals surface area contributed by atoms with Crippen LogP contribution in [0.4, 0.5) is 0 Å². The molecule has 1 aromatic carbocycles. The minimum atomic E-state index is 0.577. The van der Waals surface area contributed by atoms with Gasteiger partial charge in [0.05, 0.1) is 6.33 Å². The average Bonchev–Trinajstić information content (AvgIpc) is 2.80. The molecule has 3 heteroatoms. The third kappa shape index (κ3) is 2.31. The fourth-order valence-electron chi connectivity index (χ4n) is 1.51. The van der Waals surface area contributed by atoms with Gasteiger partial charge in [0.2, 0.25) is 0 Å². The molecule has 0 aliphatic carbocycles. The van der Waals surface area contributed by atoms with E-state index in [1.54, 1.807) is 12.5 Å². The Labute approximate surface area is 88.4 Å². The Kier molecular flexibility index (Phi) is 2.93. The van der Waals surface area contributed by atoms with Gasteiger partial charge in [-0.2, -0.15) is 0 Å². The molecule has 0 atom stereocenters. The zero-order valence-electron chi connectivity index (χ0n) is 8.34. The van der Waals surface area contributed by atoms with E-state index in [1.807, 2.05) is 29.0 Å². The van der Waals surface area contributed by atoms with Crippen molar-refractivity contribution in [2.45, 2.75) is 12.8 Å². The van der Waals surface area contributed by atoms with E-state index in [4.69, 9.17) is 0 Å². The minimum Gasteiger partial charge on any atom is -0.306 e. The van der Waals surface area contributed by atoms with Crippen molar-refractivity contribution in [3.8, 4) is 5.69 Å². The lowest BCUT2D eigenvalue weighted by molar-refractivity contribution is -0.107. The highest BCUT2D eigenvalue weighted by Crippen LogP contribution is 2.11. The largest absolute Gasteiger partial charge is 0.306 e. The molecule has 0 amide bonds. The van der Waals surface area contributed by atoms with Crippen LogP contribution in [0.1, 0.15) is 12.0 Å². The standard InChI is InChI=1S/C12H12N2O/c15-8-2-4-11-3-1-5-12(9-11)14-7-6-13-10-14/h1,3,5-10H,2,4H2. The molecule has 0 unspecified atom stereocenters. The van der Waals surface area contributed by atoms with Crippen LogP contribution < -0.4 is 0 Å². The molecule has 0 aliphatic rings. The van der Waals surface area contributed by atoms with Gasteiger partial charge in [0.1, 0.15) is 6.29 Å². The normalized spacial score (nSPS) is 10.1. The first-order valence-corrected chi connectivity index (χ1v) is 4.91. The molecular weight excluding hydrogens is 188 g/mol. The molecule has 1 heterocycles. The van der Waals surface area contributed by atoms with Crippen LogP contribution in [-0.2, 0) is 11.2 Å². The lowest BCUT2D eigenvalue weighted by atomic mass is 10.1. The Morgan fingerprint density at radius 3 is 3.07 bits per heavy atom. The predicted molar refractivity (Wildman–Crippen MR) is 57.9 cm³/mol. The SMILES string of the molecule is O=CCCc1cccc(-n2ccnc2)c1. The van der Waals surface area contributed by atoms with Crippen molar-refractivity contribution >= 4 is 6.29 Å². The van der Waals surface area contributed by atoms with Gasteiger partial charge in [-0.15, -0.1) is 0 Å². The first kappa shape index (κ1) is 9.65. The quantitative estimate of drug-likeness (QED) is 0.707. The van der Waals surface area contributed by atoms with E-state index in [-0.39, 0.29) is 0 Å². The first-order chi connectivity index (χ1) is 7.40. The molecule has 2 rings (SSSR count). The summed E-state index contributed by atoms with van der Waals surface area (Å²) >= 11 is 0. The van der Waals surface area contributed by atoms with E-state index in [9.17, 15) is 4.79 Å². The van der Waals surface area contributed by atoms with Crippen LogP contribution in [0.25, 0.3) is 5.69 Å². The maximum Gasteiger partial charge on any atom is 0.120 e. The Balaban J connectivity index is 2.23. The van der Waals surface area contributed by atoms with E-state index >= 15 is 0 Å². The van der Waals surface area contributed by atoms with Gasteiger partial charge in [-0.3, -0.25) is 0 Å². The molecule has 76 valence electrons. The number of benzene rings is 1. The number of imidazole rings is 1. The highest BCUT2D eigenvalue weighted by Gasteiger charge is 1.97. The number of aldehydes is 1. The number of carbonyl (C=O) groups excluding carboxylic acids is 1. The van der Waals surface area contributed by atoms with E-state index in [2.05, 4.69) is 11.1 Å². The Morgan fingerprint density at radius 1 is 1.40 bits per heavy atom. The van der Waals surface area contributed by atoms with Crippen molar-refractivity contribution in [2.75, 3.05) is 0 Å². The second kappa shape index (κ2) is 4.55. The summed E-state index contributed by atoms with van der Waals surface area (Å²) in [5.74, 6) is 0. The van der Waals surface area contributed by atoms with E-state index in [0.29, 0.717) is 6.42 Å². The average molecular weight is 200 g/mol. The zero-order valence-corrected chi connectivity index (χ0v) is 8.34. The lowest BCUT2D eigenvalue weighted by Gasteiger charge is -2.04. The molecular formula is C12H12N2O. The molecule has 15 heavy (non-hydrogen) atoms. The summed E-state index contributed by atoms with van der Waals surface area (Å²) in [5.41, 5.74) is 2.25. The Morgan fingerprint density at radius 2 is 2.33 bits per heavy atom. The maximum absolute atomic E-state index is 10.3. The highest BCUT2D eigenvalue weighted by atomic mass is 16.1. The van der Waals surface area contributed by atoms with Gasteiger partial charge < -0.3 is 9.36 Å². The Hall–Kier alpha value is -1.90. The zero-order chi connectivity index (χ0) is 10.5. The van der Waals surface area contributed by atoms with Crippen molar-refractivity contribution < 1.29 is 4.79 Å². The third-order valence-corrected chi connectivity index (χ3v) is 2.26. The van der Waals surface area contributed by atoms with E-state index in [1.165, 1.54) is 5.56 Å². The summed E-state index contributed by atoms with van der Waals surface area (Å²) < 4.78 is 1.95. The fraction of sp³-hybridized carbons (Fsp3) is 0.167. The molecule has 0 aliphatic heterocycles. The molecule has 0 saturated carbocycles. The second-order valence-corrected chi connectivity index (χ2v) is 3.35. The molecule has 1 aromatic heterocycles. The van der Waals surface area contributed by atoms with E-state index in [0.717, 1.165) is 18.4 Å². The van der Waals surface area contributed by atoms with Gasteiger partial charge in [0.25, 0.3) is 0 Å². The maximum atomic E-state index is 10.3. The smallest absolute Gasteiger partial charge is 0.120 e. The number of hydrogen-bond acceptors (Lipinski definition) is 2. The molecule has 0 bridgehead atoms. The van der Waals surface area contributed by atoms with Crippen molar-refractivity contribution in [3.63, 3.8) is 0 Å². The van der Waals surface area contributed by atoms with Crippen molar-refractivity contribution in [1.82, 2.24) is 9.55 Å². The van der Waals surface area contributed by atoms with Gasteiger partial charge in [0.15, 0.2) is 0 Å². The molecule has 0 N–H and O–H groups in total. The number of carbonyl (C=O) groups is 1. The van der Waals surface area contributed by atoms with Gasteiger partial charge in [0, 0.05) is 24.5 Å². The van der Waals surface area contributed by atoms with Crippen LogP contribution >= 0.6 is 0 Å². The number of hydrogen-bond donors (Lipinski definition) is 0. The summed E-state index contributed by atoms with van der Waals surface area (Å²) in [6.07, 6.45) is 7.74. The van der Waals surface area contributed by atoms with Crippen molar-refractivity contribution in [2.24, 2.45) is 0 Å². The lowest BCUT2D eigenvalue weighted by Crippen LogP contribution is -1.92. The fourth-order valence-corrected chi connectivity index (χ4v) is 1.51. The second-order valence-electron chi connectivity index (χ2n) is 3.35. The van der Waals surface area contributed by atoms with Crippen LogP contribution in [0, 0.1) is 0 Å². The predicted octanol–water partition coefficient (Wildman–Crippen LogP) is 2.00. The molecule has 0 saturated heterocycles. The number of aromatic nitrogens is 2. The topological polar surface area (TPSA) is 34.9 Å². The van der Waals surface area contributed by atoms with E-state index < -0.39 is 0 Å². The molecule has 0 fully saturated rings. The number of aryl methyl sites for hydroxylation is 1. The molecule has 0 spiro atoms. The summed E-state index contributed by atoms with van der Waals surface area (Å²) in [6.45, 7) is 0. The third-order valence-electron chi connectivity index (χ3n) is 2.26. The number of rotatable bonds is 4. The summed E-state index contributed by atoms with van der Waals surface area (Å²) in [7, 11) is 0. The Bertz CT molecular complexity index is 435. The van der Waals surface area contributed by atoms with Gasteiger partial charge >= 0.3 is 0 Å².